The van der Waals surface area contributed by atoms with Crippen molar-refractivity contribution in [2.75, 3.05) is 0 Å². The van der Waals surface area contributed by atoms with Crippen LogP contribution in [0.15, 0.2) is 0 Å². The molecule has 0 saturated heterocycles. The molecule has 0 bridgehead atoms. The molecular weight excluding hydrogens is 372 g/mol. The van der Waals surface area contributed by atoms with Gasteiger partial charge >= 0.3 is 41.7 Å². The van der Waals surface area contributed by atoms with Gasteiger partial charge in [0, 0.05) is 0 Å². The summed E-state index contributed by atoms with van der Waals surface area (Å²) in [5, 5.41) is 17.9. The first kappa shape index (κ1) is 145. The van der Waals surface area contributed by atoms with Crippen molar-refractivity contribution in [1.82, 2.24) is 0 Å². The molecule has 0 spiro atoms. The SMILES string of the molecule is O.O.O.O.O.O.O.O.O.O=C([O-])C(=O)[O-].[Ce+3]. The third-order valence-corrected chi connectivity index (χ3v) is 0.167. The Morgan fingerprint density at radius 1 is 0.500 bits per heavy atom. The van der Waals surface area contributed by atoms with Crippen LogP contribution in [0.1, 0.15) is 0 Å². The van der Waals surface area contributed by atoms with Gasteiger partial charge in [0.05, 0.1) is 11.9 Å². The maximum atomic E-state index is 8.93. The minimum atomic E-state index is -2.19. The first-order valence-electron chi connectivity index (χ1n) is 1.07. The van der Waals surface area contributed by atoms with Crippen LogP contribution in [0, 0.1) is 41.7 Å². The van der Waals surface area contributed by atoms with Gasteiger partial charge in [-0.15, -0.1) is 0 Å². The van der Waals surface area contributed by atoms with Gasteiger partial charge in [0.15, 0.2) is 0 Å². The fourth-order valence-corrected chi connectivity index (χ4v) is 0. The van der Waals surface area contributed by atoms with Crippen molar-refractivity contribution in [2.45, 2.75) is 0 Å². The Kier molecular flexibility index (Phi) is 746. The van der Waals surface area contributed by atoms with Crippen LogP contribution in [0.2, 0.25) is 0 Å². The molecular formula is C2H18CeO13+. The fourth-order valence-electron chi connectivity index (χ4n) is 0. The first-order valence-corrected chi connectivity index (χ1v) is 1.07. The number of carboxylic acids is 2. The Bertz CT molecular complexity index is 79.9. The van der Waals surface area contributed by atoms with Gasteiger partial charge in [0.1, 0.15) is 0 Å². The van der Waals surface area contributed by atoms with Gasteiger partial charge in [-0.3, -0.25) is 0 Å². The summed E-state index contributed by atoms with van der Waals surface area (Å²) in [6.07, 6.45) is 0. The number of carbonyl (C=O) groups excluding carboxylic acids is 2. The van der Waals surface area contributed by atoms with E-state index in [1.54, 1.807) is 0 Å². The number of hydrogen-bond donors (Lipinski definition) is 0. The number of carboxylic acid groups (broad SMARTS) is 2. The molecule has 16 heavy (non-hydrogen) atoms. The van der Waals surface area contributed by atoms with Gasteiger partial charge < -0.3 is 69.1 Å². The Balaban J connectivity index is -0.00000000278. The zero-order valence-corrected chi connectivity index (χ0v) is 10.8. The summed E-state index contributed by atoms with van der Waals surface area (Å²) in [6, 6.07) is 0. The van der Waals surface area contributed by atoms with Crippen molar-refractivity contribution >= 4 is 11.9 Å². The third-order valence-electron chi connectivity index (χ3n) is 0.167. The van der Waals surface area contributed by atoms with E-state index in [2.05, 4.69) is 0 Å². The van der Waals surface area contributed by atoms with Crippen LogP contribution in [0.3, 0.4) is 0 Å². The summed E-state index contributed by atoms with van der Waals surface area (Å²) in [5.41, 5.74) is 0. The van der Waals surface area contributed by atoms with E-state index >= 15 is 0 Å². The molecule has 0 atom stereocenters. The normalized spacial score (nSPS) is 2.75. The Morgan fingerprint density at radius 2 is 0.562 bits per heavy atom. The number of aliphatic carboxylic acids is 2. The largest absolute Gasteiger partial charge is 3.00 e. The topological polar surface area (TPSA) is 364 Å². The van der Waals surface area contributed by atoms with Crippen molar-refractivity contribution in [3.63, 3.8) is 0 Å². The minimum absolute atomic E-state index is 0. The molecule has 14 heteroatoms. The molecule has 1 radical (unpaired) electrons. The molecule has 0 amide bonds. The molecule has 0 saturated carbocycles. The maximum absolute atomic E-state index is 8.93. The molecule has 0 aliphatic heterocycles. The smallest absolute Gasteiger partial charge is 0.543 e. The molecule has 0 aliphatic rings. The van der Waals surface area contributed by atoms with Crippen molar-refractivity contribution in [2.24, 2.45) is 0 Å². The summed E-state index contributed by atoms with van der Waals surface area (Å²) < 4.78 is 0. The summed E-state index contributed by atoms with van der Waals surface area (Å²) in [4.78, 5) is 17.9. The Morgan fingerprint density at radius 3 is 0.562 bits per heavy atom. The van der Waals surface area contributed by atoms with Crippen molar-refractivity contribution in [3.05, 3.63) is 0 Å². The van der Waals surface area contributed by atoms with Crippen LogP contribution in [-0.2, 0) is 9.59 Å². The molecule has 0 aromatic heterocycles. The maximum Gasteiger partial charge on any atom is 3.00 e. The monoisotopic (exact) mass is 390 g/mol. The molecule has 0 aliphatic carbocycles. The minimum Gasteiger partial charge on any atom is -0.543 e. The second-order valence-corrected chi connectivity index (χ2v) is 0.575. The zero-order chi connectivity index (χ0) is 5.15. The summed E-state index contributed by atoms with van der Waals surface area (Å²) in [7, 11) is 0. The first-order chi connectivity index (χ1) is 2.64. The van der Waals surface area contributed by atoms with Crippen molar-refractivity contribution in [3.8, 4) is 0 Å². The molecule has 0 aromatic carbocycles. The fraction of sp³-hybridized carbons (Fsp3) is 0. The van der Waals surface area contributed by atoms with Crippen LogP contribution in [0.5, 0.6) is 0 Å². The second-order valence-electron chi connectivity index (χ2n) is 0.575. The number of rotatable bonds is 0. The van der Waals surface area contributed by atoms with Crippen LogP contribution in [-0.4, -0.2) is 61.2 Å². The Hall–Kier alpha value is -0.0434. The average molecular weight is 390 g/mol. The zero-order valence-electron chi connectivity index (χ0n) is 7.63. The van der Waals surface area contributed by atoms with Gasteiger partial charge in [-0.1, -0.05) is 0 Å². The van der Waals surface area contributed by atoms with Gasteiger partial charge in [0.2, 0.25) is 0 Å². The average Bonchev–Trinajstić information content (AvgIpc) is 1.36. The summed E-state index contributed by atoms with van der Waals surface area (Å²) in [5.74, 6) is -4.37. The van der Waals surface area contributed by atoms with Gasteiger partial charge in [0.25, 0.3) is 0 Å². The number of carbonyl (C=O) groups is 2. The standard InChI is InChI=1S/C2H2O4.Ce.9H2O/c3-1(4)2(5)6;;;;;;;;;;/h(H,3,4)(H,5,6);;9*1H2/q;+3;;;;;;;;;/p-2. The molecule has 107 valence electrons. The summed E-state index contributed by atoms with van der Waals surface area (Å²) >= 11 is 0. The number of hydrogen-bond acceptors (Lipinski definition) is 4. The van der Waals surface area contributed by atoms with Gasteiger partial charge in [-0.25, -0.2) is 0 Å². The van der Waals surface area contributed by atoms with Gasteiger partial charge in [-0.2, -0.15) is 0 Å². The molecule has 13 nitrogen and oxygen atoms in total. The van der Waals surface area contributed by atoms with E-state index < -0.39 is 11.9 Å². The van der Waals surface area contributed by atoms with E-state index in [9.17, 15) is 0 Å². The van der Waals surface area contributed by atoms with Crippen LogP contribution in [0.4, 0.5) is 0 Å². The molecule has 0 fully saturated rings. The molecule has 18 N–H and O–H groups in total. The van der Waals surface area contributed by atoms with E-state index in [1.165, 1.54) is 0 Å². The van der Waals surface area contributed by atoms with Gasteiger partial charge in [-0.05, 0) is 0 Å². The molecule has 0 aromatic rings. The van der Waals surface area contributed by atoms with Crippen LogP contribution < -0.4 is 10.2 Å². The van der Waals surface area contributed by atoms with Crippen molar-refractivity contribution < 1.29 is 111 Å². The van der Waals surface area contributed by atoms with Crippen molar-refractivity contribution in [1.29, 1.82) is 0 Å². The molecule has 0 heterocycles. The van der Waals surface area contributed by atoms with E-state index in [4.69, 9.17) is 19.8 Å². The van der Waals surface area contributed by atoms with Crippen LogP contribution in [0.25, 0.3) is 0 Å². The molecule has 0 unspecified atom stereocenters. The Labute approximate surface area is 122 Å². The third kappa shape index (κ3) is 150. The second kappa shape index (κ2) is 82.1. The van der Waals surface area contributed by atoms with E-state index in [-0.39, 0.29) is 91.0 Å². The van der Waals surface area contributed by atoms with E-state index in [0.29, 0.717) is 0 Å². The van der Waals surface area contributed by atoms with E-state index in [1.807, 2.05) is 0 Å². The predicted octanol–water partition coefficient (Wildman–Crippen LogP) is -10.9. The quantitative estimate of drug-likeness (QED) is 0.363. The molecule has 0 rings (SSSR count). The summed E-state index contributed by atoms with van der Waals surface area (Å²) in [6.45, 7) is 0. The van der Waals surface area contributed by atoms with Crippen LogP contribution >= 0.6 is 0 Å². The van der Waals surface area contributed by atoms with E-state index in [0.717, 1.165) is 0 Å². The predicted molar refractivity (Wildman–Crippen MR) is 42.5 cm³/mol.